The molecular weight excluding hydrogens is 360 g/mol. The Hall–Kier alpha value is -3.25. The topological polar surface area (TPSA) is 85.2 Å². The molecule has 0 unspecified atom stereocenters. The average molecular weight is 380 g/mol. The van der Waals surface area contributed by atoms with Crippen molar-refractivity contribution in [2.75, 3.05) is 19.8 Å². The molecule has 4 rings (SSSR count). The van der Waals surface area contributed by atoms with Crippen molar-refractivity contribution in [3.05, 3.63) is 66.2 Å². The molecule has 1 aliphatic heterocycles. The van der Waals surface area contributed by atoms with E-state index in [2.05, 4.69) is 0 Å². The summed E-state index contributed by atoms with van der Waals surface area (Å²) in [7, 11) is 0. The van der Waals surface area contributed by atoms with Crippen molar-refractivity contribution < 1.29 is 29.2 Å². The summed E-state index contributed by atoms with van der Waals surface area (Å²) in [6.07, 6.45) is -0.0103. The summed E-state index contributed by atoms with van der Waals surface area (Å²) in [4.78, 5) is 10.9. The zero-order valence-electron chi connectivity index (χ0n) is 15.1. The summed E-state index contributed by atoms with van der Waals surface area (Å²) >= 11 is 0. The molecule has 3 aromatic rings. The van der Waals surface area contributed by atoms with E-state index in [0.717, 1.165) is 16.3 Å². The van der Waals surface area contributed by atoms with Gasteiger partial charge in [0.1, 0.15) is 25.6 Å². The summed E-state index contributed by atoms with van der Waals surface area (Å²) < 4.78 is 17.1. The maximum Gasteiger partial charge on any atom is 0.307 e. The number of aliphatic hydroxyl groups is 1. The van der Waals surface area contributed by atoms with E-state index in [1.165, 1.54) is 0 Å². The van der Waals surface area contributed by atoms with Crippen molar-refractivity contribution in [2.24, 2.45) is 0 Å². The number of aliphatic carboxylic acids is 1. The third-order valence-corrected chi connectivity index (χ3v) is 4.58. The van der Waals surface area contributed by atoms with E-state index in [1.807, 2.05) is 36.4 Å². The highest BCUT2D eigenvalue weighted by atomic mass is 16.6. The summed E-state index contributed by atoms with van der Waals surface area (Å²) in [6.45, 7) is 0.149. The van der Waals surface area contributed by atoms with Crippen molar-refractivity contribution in [1.29, 1.82) is 0 Å². The van der Waals surface area contributed by atoms with E-state index in [9.17, 15) is 9.90 Å². The van der Waals surface area contributed by atoms with E-state index in [1.54, 1.807) is 24.3 Å². The van der Waals surface area contributed by atoms with Crippen LogP contribution >= 0.6 is 0 Å². The molecule has 0 fully saturated rings. The number of ether oxygens (including phenoxy) is 3. The van der Waals surface area contributed by atoms with Gasteiger partial charge in [-0.05, 0) is 40.6 Å². The number of para-hydroxylation sites is 2. The van der Waals surface area contributed by atoms with E-state index < -0.39 is 11.6 Å². The van der Waals surface area contributed by atoms with Crippen LogP contribution in [-0.4, -0.2) is 41.6 Å². The zero-order chi connectivity index (χ0) is 19.6. The van der Waals surface area contributed by atoms with Gasteiger partial charge in [0.25, 0.3) is 0 Å². The molecule has 0 saturated carbocycles. The first-order valence-electron chi connectivity index (χ1n) is 8.95. The third-order valence-electron chi connectivity index (χ3n) is 4.58. The standard InChI is InChI=1S/C22H20O6/c23-21(24)10-15-5-6-17-11-18(8-7-16(17)9-15)26-12-22(25)13-27-19-3-1-2-4-20(19)28-14-22/h1-9,11,25H,10,12-14H2,(H,23,24). The van der Waals surface area contributed by atoms with Gasteiger partial charge in [-0.2, -0.15) is 0 Å². The fourth-order valence-electron chi connectivity index (χ4n) is 3.10. The zero-order valence-corrected chi connectivity index (χ0v) is 15.1. The van der Waals surface area contributed by atoms with Crippen LogP contribution in [0.5, 0.6) is 17.2 Å². The van der Waals surface area contributed by atoms with E-state index in [0.29, 0.717) is 17.2 Å². The van der Waals surface area contributed by atoms with Gasteiger partial charge < -0.3 is 24.4 Å². The molecule has 0 atom stereocenters. The van der Waals surface area contributed by atoms with Crippen LogP contribution < -0.4 is 14.2 Å². The molecule has 0 bridgehead atoms. The summed E-state index contributed by atoms with van der Waals surface area (Å²) in [6, 6.07) is 18.3. The lowest BCUT2D eigenvalue weighted by Crippen LogP contribution is -2.46. The Morgan fingerprint density at radius 2 is 1.61 bits per heavy atom. The number of carboxylic acid groups (broad SMARTS) is 1. The second-order valence-corrected chi connectivity index (χ2v) is 6.95. The lowest BCUT2D eigenvalue weighted by Gasteiger charge is -2.25. The van der Waals surface area contributed by atoms with Crippen molar-refractivity contribution in [2.45, 2.75) is 12.0 Å². The first kappa shape index (κ1) is 18.1. The van der Waals surface area contributed by atoms with Crippen LogP contribution in [-0.2, 0) is 11.2 Å². The first-order chi connectivity index (χ1) is 13.5. The highest BCUT2D eigenvalue weighted by Gasteiger charge is 2.33. The van der Waals surface area contributed by atoms with Crippen LogP contribution in [0, 0.1) is 0 Å². The first-order valence-corrected chi connectivity index (χ1v) is 8.95. The van der Waals surface area contributed by atoms with Gasteiger partial charge in [0.05, 0.1) is 6.42 Å². The summed E-state index contributed by atoms with van der Waals surface area (Å²) in [5.41, 5.74) is -0.533. The highest BCUT2D eigenvalue weighted by Crippen LogP contribution is 2.31. The summed E-state index contributed by atoms with van der Waals surface area (Å²) in [5.74, 6) is 0.943. The molecule has 0 amide bonds. The van der Waals surface area contributed by atoms with Crippen molar-refractivity contribution >= 4 is 16.7 Å². The molecule has 1 aliphatic rings. The van der Waals surface area contributed by atoms with Crippen LogP contribution in [0.25, 0.3) is 10.8 Å². The monoisotopic (exact) mass is 380 g/mol. The smallest absolute Gasteiger partial charge is 0.307 e. The molecule has 0 saturated heterocycles. The van der Waals surface area contributed by atoms with Crippen molar-refractivity contribution in [3.63, 3.8) is 0 Å². The van der Waals surface area contributed by atoms with Gasteiger partial charge in [0.15, 0.2) is 17.1 Å². The molecule has 0 spiro atoms. The highest BCUT2D eigenvalue weighted by molar-refractivity contribution is 5.85. The predicted octanol–water partition coefficient (Wildman–Crippen LogP) is 3.05. The number of fused-ring (bicyclic) bond motifs is 2. The number of carbonyl (C=O) groups is 1. The minimum Gasteiger partial charge on any atom is -0.490 e. The Morgan fingerprint density at radius 3 is 2.29 bits per heavy atom. The SMILES string of the molecule is O=C(O)Cc1ccc2cc(OCC3(O)COc4ccccc4OC3)ccc2c1. The van der Waals surface area contributed by atoms with Crippen LogP contribution in [0.4, 0.5) is 0 Å². The van der Waals surface area contributed by atoms with Crippen LogP contribution in [0.2, 0.25) is 0 Å². The minimum absolute atomic E-state index is 0.0103. The van der Waals surface area contributed by atoms with E-state index in [4.69, 9.17) is 19.3 Å². The maximum atomic E-state index is 10.9. The van der Waals surface area contributed by atoms with Crippen LogP contribution in [0.1, 0.15) is 5.56 Å². The Kier molecular flexibility index (Phi) is 4.79. The lowest BCUT2D eigenvalue weighted by atomic mass is 10.0. The third kappa shape index (κ3) is 4.02. The Balaban J connectivity index is 1.44. The quantitative estimate of drug-likeness (QED) is 0.708. The van der Waals surface area contributed by atoms with E-state index >= 15 is 0 Å². The predicted molar refractivity (Wildman–Crippen MR) is 103 cm³/mol. The Bertz CT molecular complexity index is 986. The molecule has 6 nitrogen and oxygen atoms in total. The molecule has 2 N–H and O–H groups in total. The van der Waals surface area contributed by atoms with Crippen LogP contribution in [0.3, 0.4) is 0 Å². The minimum atomic E-state index is -1.28. The Labute approximate surface area is 161 Å². The van der Waals surface area contributed by atoms with Gasteiger partial charge in [-0.15, -0.1) is 0 Å². The largest absolute Gasteiger partial charge is 0.490 e. The second-order valence-electron chi connectivity index (χ2n) is 6.95. The van der Waals surface area contributed by atoms with Gasteiger partial charge >= 0.3 is 5.97 Å². The molecule has 6 heteroatoms. The molecule has 1 heterocycles. The van der Waals surface area contributed by atoms with E-state index in [-0.39, 0.29) is 26.2 Å². The van der Waals surface area contributed by atoms with Crippen LogP contribution in [0.15, 0.2) is 60.7 Å². The average Bonchev–Trinajstić information content (AvgIpc) is 2.86. The number of hydrogen-bond acceptors (Lipinski definition) is 5. The number of rotatable bonds is 5. The molecule has 28 heavy (non-hydrogen) atoms. The summed E-state index contributed by atoms with van der Waals surface area (Å²) in [5, 5.41) is 21.6. The molecule has 0 aliphatic carbocycles. The fourth-order valence-corrected chi connectivity index (χ4v) is 3.10. The molecular formula is C22H20O6. The number of benzene rings is 3. The second kappa shape index (κ2) is 7.40. The van der Waals surface area contributed by atoms with Gasteiger partial charge in [0, 0.05) is 0 Å². The fraction of sp³-hybridized carbons (Fsp3) is 0.227. The lowest BCUT2D eigenvalue weighted by molar-refractivity contribution is -0.136. The van der Waals surface area contributed by atoms with Gasteiger partial charge in [-0.1, -0.05) is 36.4 Å². The van der Waals surface area contributed by atoms with Gasteiger partial charge in [-0.25, -0.2) is 0 Å². The Morgan fingerprint density at radius 1 is 0.964 bits per heavy atom. The number of carboxylic acids is 1. The maximum absolute atomic E-state index is 10.9. The number of hydrogen-bond donors (Lipinski definition) is 2. The molecule has 3 aromatic carbocycles. The molecule has 144 valence electrons. The van der Waals surface area contributed by atoms with Crippen molar-refractivity contribution in [3.8, 4) is 17.2 Å². The molecule has 0 radical (unpaired) electrons. The van der Waals surface area contributed by atoms with Crippen molar-refractivity contribution in [1.82, 2.24) is 0 Å². The normalized spacial score (nSPS) is 15.0. The van der Waals surface area contributed by atoms with Gasteiger partial charge in [-0.3, -0.25) is 4.79 Å². The van der Waals surface area contributed by atoms with Gasteiger partial charge in [0.2, 0.25) is 0 Å². The molecule has 0 aromatic heterocycles.